The fourth-order valence-corrected chi connectivity index (χ4v) is 3.44. The van der Waals surface area contributed by atoms with Crippen LogP contribution < -0.4 is 10.6 Å². The molecule has 1 saturated heterocycles. The van der Waals surface area contributed by atoms with Crippen LogP contribution in [-0.4, -0.2) is 47.0 Å². The summed E-state index contributed by atoms with van der Waals surface area (Å²) >= 11 is 0. The van der Waals surface area contributed by atoms with Crippen LogP contribution in [0.15, 0.2) is 60.7 Å². The Balaban J connectivity index is 1.58. The van der Waals surface area contributed by atoms with Crippen LogP contribution >= 0.6 is 0 Å². The van der Waals surface area contributed by atoms with Crippen molar-refractivity contribution in [1.29, 1.82) is 0 Å². The first-order valence-corrected chi connectivity index (χ1v) is 9.71. The van der Waals surface area contributed by atoms with Crippen LogP contribution in [0.1, 0.15) is 18.4 Å². The third-order valence-electron chi connectivity index (χ3n) is 5.00. The van der Waals surface area contributed by atoms with Crippen molar-refractivity contribution in [3.63, 3.8) is 0 Å². The third-order valence-corrected chi connectivity index (χ3v) is 5.00. The van der Waals surface area contributed by atoms with Crippen molar-refractivity contribution >= 4 is 23.6 Å². The van der Waals surface area contributed by atoms with Crippen LogP contribution in [-0.2, 0) is 16.0 Å². The summed E-state index contributed by atoms with van der Waals surface area (Å²) in [6, 6.07) is 17.1. The molecule has 2 unspecified atom stereocenters. The van der Waals surface area contributed by atoms with Gasteiger partial charge in [-0.15, -0.1) is 0 Å². The zero-order chi connectivity index (χ0) is 20.6. The number of carboxylic acid groups (broad SMARTS) is 1. The largest absolute Gasteiger partial charge is 0.480 e. The van der Waals surface area contributed by atoms with Crippen LogP contribution in [0.3, 0.4) is 0 Å². The Kier molecular flexibility index (Phi) is 6.84. The number of urea groups is 1. The minimum atomic E-state index is -1.07. The second-order valence-electron chi connectivity index (χ2n) is 7.17. The van der Waals surface area contributed by atoms with E-state index in [9.17, 15) is 19.5 Å². The summed E-state index contributed by atoms with van der Waals surface area (Å²) < 4.78 is 0. The molecule has 2 atom stereocenters. The van der Waals surface area contributed by atoms with Crippen molar-refractivity contribution < 1.29 is 19.5 Å². The minimum absolute atomic E-state index is 0.215. The SMILES string of the molecule is O=C(NC(Cc1ccccc1)C(=O)O)C1CCCN(C(=O)Nc2ccccc2)C1. The van der Waals surface area contributed by atoms with Gasteiger partial charge < -0.3 is 20.6 Å². The predicted octanol–water partition coefficient (Wildman–Crippen LogP) is 2.74. The molecule has 1 aliphatic heterocycles. The molecule has 0 bridgehead atoms. The van der Waals surface area contributed by atoms with E-state index in [1.165, 1.54) is 0 Å². The Bertz CT molecular complexity index is 842. The molecule has 152 valence electrons. The monoisotopic (exact) mass is 395 g/mol. The van der Waals surface area contributed by atoms with E-state index in [-0.39, 0.29) is 24.9 Å². The van der Waals surface area contributed by atoms with Crippen molar-refractivity contribution in [2.75, 3.05) is 18.4 Å². The van der Waals surface area contributed by atoms with Gasteiger partial charge in [0, 0.05) is 25.2 Å². The maximum absolute atomic E-state index is 12.7. The van der Waals surface area contributed by atoms with Crippen LogP contribution in [0.2, 0.25) is 0 Å². The Morgan fingerprint density at radius 1 is 1.03 bits per heavy atom. The lowest BCUT2D eigenvalue weighted by molar-refractivity contribution is -0.142. The summed E-state index contributed by atoms with van der Waals surface area (Å²) in [6.07, 6.45) is 1.53. The average Bonchev–Trinajstić information content (AvgIpc) is 2.74. The third kappa shape index (κ3) is 5.81. The zero-order valence-electron chi connectivity index (χ0n) is 16.1. The normalized spacial score (nSPS) is 17.2. The molecular formula is C22H25N3O4. The van der Waals surface area contributed by atoms with Crippen molar-refractivity contribution in [3.05, 3.63) is 66.2 Å². The van der Waals surface area contributed by atoms with Gasteiger partial charge in [0.2, 0.25) is 5.91 Å². The van der Waals surface area contributed by atoms with E-state index in [4.69, 9.17) is 0 Å². The summed E-state index contributed by atoms with van der Waals surface area (Å²) in [5.74, 6) is -1.83. The van der Waals surface area contributed by atoms with Crippen LogP contribution in [0.25, 0.3) is 0 Å². The molecule has 3 amide bonds. The highest BCUT2D eigenvalue weighted by Crippen LogP contribution is 2.18. The average molecular weight is 395 g/mol. The number of nitrogens with one attached hydrogen (secondary N) is 2. The maximum atomic E-state index is 12.7. The molecule has 3 N–H and O–H groups in total. The van der Waals surface area contributed by atoms with E-state index in [1.54, 1.807) is 17.0 Å². The number of nitrogens with zero attached hydrogens (tertiary/aromatic N) is 1. The van der Waals surface area contributed by atoms with Gasteiger partial charge in [-0.1, -0.05) is 48.5 Å². The number of carbonyl (C=O) groups excluding carboxylic acids is 2. The first kappa shape index (κ1) is 20.4. The predicted molar refractivity (Wildman–Crippen MR) is 109 cm³/mol. The van der Waals surface area contributed by atoms with E-state index in [0.717, 1.165) is 5.56 Å². The molecule has 1 aliphatic rings. The van der Waals surface area contributed by atoms with Gasteiger partial charge >= 0.3 is 12.0 Å². The fourth-order valence-electron chi connectivity index (χ4n) is 3.44. The highest BCUT2D eigenvalue weighted by atomic mass is 16.4. The number of likely N-dealkylation sites (tertiary alicyclic amines) is 1. The first-order valence-electron chi connectivity index (χ1n) is 9.71. The standard InChI is InChI=1S/C22H25N3O4/c26-20(24-19(21(27)28)14-16-8-3-1-4-9-16)17-10-7-13-25(15-17)22(29)23-18-11-5-2-6-12-18/h1-6,8-9,11-12,17,19H,7,10,13-15H2,(H,23,29)(H,24,26)(H,27,28). The molecule has 29 heavy (non-hydrogen) atoms. The number of hydrogen-bond acceptors (Lipinski definition) is 3. The zero-order valence-corrected chi connectivity index (χ0v) is 16.1. The highest BCUT2D eigenvalue weighted by molar-refractivity contribution is 5.90. The number of hydrogen-bond donors (Lipinski definition) is 3. The lowest BCUT2D eigenvalue weighted by Crippen LogP contribution is -2.50. The number of carboxylic acids is 1. The number of amides is 3. The summed E-state index contributed by atoms with van der Waals surface area (Å²) in [7, 11) is 0. The second-order valence-corrected chi connectivity index (χ2v) is 7.17. The van der Waals surface area contributed by atoms with E-state index in [0.29, 0.717) is 25.1 Å². The van der Waals surface area contributed by atoms with E-state index in [2.05, 4.69) is 10.6 Å². The van der Waals surface area contributed by atoms with Gasteiger partial charge in [-0.3, -0.25) is 4.79 Å². The number of carbonyl (C=O) groups is 3. The van der Waals surface area contributed by atoms with Gasteiger partial charge in [-0.25, -0.2) is 9.59 Å². The van der Waals surface area contributed by atoms with Crippen molar-refractivity contribution in [1.82, 2.24) is 10.2 Å². The molecule has 0 saturated carbocycles. The Labute approximate surface area is 169 Å². The summed E-state index contributed by atoms with van der Waals surface area (Å²) in [4.78, 5) is 38.4. The number of rotatable bonds is 6. The number of anilines is 1. The van der Waals surface area contributed by atoms with Gasteiger partial charge in [-0.05, 0) is 30.5 Å². The molecule has 7 nitrogen and oxygen atoms in total. The molecule has 0 spiro atoms. The summed E-state index contributed by atoms with van der Waals surface area (Å²) in [5, 5.41) is 15.0. The summed E-state index contributed by atoms with van der Waals surface area (Å²) in [6.45, 7) is 0.830. The maximum Gasteiger partial charge on any atom is 0.326 e. The van der Waals surface area contributed by atoms with Gasteiger partial charge in [0.15, 0.2) is 0 Å². The number of aliphatic carboxylic acids is 1. The second kappa shape index (κ2) is 9.73. The van der Waals surface area contributed by atoms with E-state index >= 15 is 0 Å². The lowest BCUT2D eigenvalue weighted by Gasteiger charge is -2.32. The highest BCUT2D eigenvalue weighted by Gasteiger charge is 2.31. The summed E-state index contributed by atoms with van der Waals surface area (Å²) in [5.41, 5.74) is 1.53. The number of para-hydroxylation sites is 1. The van der Waals surface area contributed by atoms with Gasteiger partial charge in [0.1, 0.15) is 6.04 Å². The van der Waals surface area contributed by atoms with E-state index < -0.39 is 17.9 Å². The van der Waals surface area contributed by atoms with Gasteiger partial charge in [0.25, 0.3) is 0 Å². The van der Waals surface area contributed by atoms with Crippen molar-refractivity contribution in [2.24, 2.45) is 5.92 Å². The molecule has 0 aliphatic carbocycles. The number of benzene rings is 2. The molecule has 7 heteroatoms. The van der Waals surface area contributed by atoms with E-state index in [1.807, 2.05) is 48.5 Å². The van der Waals surface area contributed by atoms with Gasteiger partial charge in [-0.2, -0.15) is 0 Å². The molecule has 2 aromatic rings. The van der Waals surface area contributed by atoms with Crippen molar-refractivity contribution in [3.8, 4) is 0 Å². The molecule has 0 aromatic heterocycles. The Morgan fingerprint density at radius 2 is 1.69 bits per heavy atom. The molecule has 1 fully saturated rings. The Morgan fingerprint density at radius 3 is 2.34 bits per heavy atom. The molecule has 2 aromatic carbocycles. The van der Waals surface area contributed by atoms with Crippen LogP contribution in [0.4, 0.5) is 10.5 Å². The lowest BCUT2D eigenvalue weighted by atomic mass is 9.96. The fraction of sp³-hybridized carbons (Fsp3) is 0.318. The van der Waals surface area contributed by atoms with Crippen molar-refractivity contribution in [2.45, 2.75) is 25.3 Å². The van der Waals surface area contributed by atoms with Crippen LogP contribution in [0, 0.1) is 5.92 Å². The minimum Gasteiger partial charge on any atom is -0.480 e. The van der Waals surface area contributed by atoms with Gasteiger partial charge in [0.05, 0.1) is 5.92 Å². The number of piperidine rings is 1. The topological polar surface area (TPSA) is 98.7 Å². The quantitative estimate of drug-likeness (QED) is 0.700. The Hall–Kier alpha value is -3.35. The molecule has 0 radical (unpaired) electrons. The molecule has 3 rings (SSSR count). The van der Waals surface area contributed by atoms with Crippen LogP contribution in [0.5, 0.6) is 0 Å². The molecule has 1 heterocycles. The smallest absolute Gasteiger partial charge is 0.326 e. The first-order chi connectivity index (χ1) is 14.0. The molecular weight excluding hydrogens is 370 g/mol.